The molecular weight excluding hydrogens is 284 g/mol. The Bertz CT molecular complexity index is 829. The molecule has 1 aliphatic rings. The summed E-state index contributed by atoms with van der Waals surface area (Å²) in [5, 5.41) is 1.91. The van der Waals surface area contributed by atoms with Gasteiger partial charge in [-0.2, -0.15) is 0 Å². The normalized spacial score (nSPS) is 18.6. The van der Waals surface area contributed by atoms with Gasteiger partial charge in [-0.15, -0.1) is 0 Å². The molecule has 112 valence electrons. The van der Waals surface area contributed by atoms with Gasteiger partial charge in [0.05, 0.1) is 19.8 Å². The van der Waals surface area contributed by atoms with Gasteiger partial charge in [0.25, 0.3) is 0 Å². The van der Waals surface area contributed by atoms with Crippen molar-refractivity contribution in [1.82, 2.24) is 0 Å². The van der Waals surface area contributed by atoms with Crippen LogP contribution in [0.3, 0.4) is 0 Å². The van der Waals surface area contributed by atoms with Crippen LogP contribution in [0.1, 0.15) is 0 Å². The van der Waals surface area contributed by atoms with Crippen molar-refractivity contribution in [2.24, 2.45) is 0 Å². The number of benzene rings is 2. The average molecular weight is 298 g/mol. The summed E-state index contributed by atoms with van der Waals surface area (Å²) in [6.45, 7) is 1.15. The molecule has 1 aromatic heterocycles. The van der Waals surface area contributed by atoms with Crippen LogP contribution in [0.25, 0.3) is 21.9 Å². The Morgan fingerprint density at radius 2 is 1.91 bits per heavy atom. The van der Waals surface area contributed by atoms with E-state index in [9.17, 15) is 4.79 Å². The van der Waals surface area contributed by atoms with Crippen LogP contribution in [0.15, 0.2) is 46.9 Å². The molecule has 0 amide bonds. The maximum atomic E-state index is 12.1. The molecule has 0 radical (unpaired) electrons. The number of furan rings is 1. The number of carbonyl (C=O) groups excluding carboxylic acids is 1. The van der Waals surface area contributed by atoms with E-state index in [4.69, 9.17) is 18.6 Å². The summed E-state index contributed by atoms with van der Waals surface area (Å²) in [5.41, 5.74) is 1.57. The largest absolute Gasteiger partial charge is 0.456 e. The minimum Gasteiger partial charge on any atom is -0.456 e. The van der Waals surface area contributed by atoms with Gasteiger partial charge < -0.3 is 18.6 Å². The van der Waals surface area contributed by atoms with E-state index in [0.717, 1.165) is 21.9 Å². The smallest absolute Gasteiger partial charge is 0.343 e. The number of ether oxygens (including phenoxy) is 3. The van der Waals surface area contributed by atoms with Crippen molar-refractivity contribution in [2.75, 3.05) is 19.8 Å². The second-order valence-corrected chi connectivity index (χ2v) is 5.11. The second-order valence-electron chi connectivity index (χ2n) is 5.11. The Labute approximate surface area is 126 Å². The lowest BCUT2D eigenvalue weighted by molar-refractivity contribution is -0.161. The highest BCUT2D eigenvalue weighted by Gasteiger charge is 2.24. The first-order valence-corrected chi connectivity index (χ1v) is 7.13. The second kappa shape index (κ2) is 5.44. The fraction of sp³-hybridized carbons (Fsp3) is 0.235. The molecule has 0 saturated carbocycles. The highest BCUT2D eigenvalue weighted by molar-refractivity contribution is 6.05. The molecule has 1 unspecified atom stereocenters. The van der Waals surface area contributed by atoms with Crippen LogP contribution in [-0.4, -0.2) is 31.9 Å². The molecule has 0 bridgehead atoms. The summed E-state index contributed by atoms with van der Waals surface area (Å²) in [6.07, 6.45) is -0.662. The summed E-state index contributed by atoms with van der Waals surface area (Å²) in [5.74, 6) is 0.0325. The van der Waals surface area contributed by atoms with Gasteiger partial charge in [0, 0.05) is 10.8 Å². The molecule has 4 rings (SSSR count). The minimum atomic E-state index is -0.662. The molecule has 22 heavy (non-hydrogen) atoms. The first-order valence-electron chi connectivity index (χ1n) is 7.13. The monoisotopic (exact) mass is 298 g/mol. The number of rotatable bonds is 2. The molecule has 0 N–H and O–H groups in total. The van der Waals surface area contributed by atoms with E-state index in [0.29, 0.717) is 19.0 Å². The van der Waals surface area contributed by atoms with Crippen LogP contribution >= 0.6 is 0 Å². The van der Waals surface area contributed by atoms with E-state index in [1.807, 2.05) is 30.3 Å². The molecule has 2 aromatic carbocycles. The summed E-state index contributed by atoms with van der Waals surface area (Å²) < 4.78 is 21.7. The van der Waals surface area contributed by atoms with E-state index in [1.54, 1.807) is 12.1 Å². The highest BCUT2D eigenvalue weighted by Crippen LogP contribution is 2.31. The Hall–Kier alpha value is -2.37. The molecule has 1 aliphatic heterocycles. The van der Waals surface area contributed by atoms with Crippen molar-refractivity contribution in [2.45, 2.75) is 6.10 Å². The Kier molecular flexibility index (Phi) is 3.29. The van der Waals surface area contributed by atoms with Crippen LogP contribution in [-0.2, 0) is 14.3 Å². The van der Waals surface area contributed by atoms with Gasteiger partial charge in [-0.05, 0) is 24.3 Å². The maximum Gasteiger partial charge on any atom is 0.343 e. The fourth-order valence-electron chi connectivity index (χ4n) is 2.57. The van der Waals surface area contributed by atoms with Gasteiger partial charge >= 0.3 is 5.97 Å². The molecule has 1 fully saturated rings. The summed E-state index contributed by atoms with van der Waals surface area (Å²) in [6, 6.07) is 13.1. The van der Waals surface area contributed by atoms with Gasteiger partial charge in [0.2, 0.25) is 0 Å². The molecule has 2 heterocycles. The predicted molar refractivity (Wildman–Crippen MR) is 79.9 cm³/mol. The van der Waals surface area contributed by atoms with Crippen LogP contribution in [0, 0.1) is 0 Å². The lowest BCUT2D eigenvalue weighted by atomic mass is 10.1. The first-order chi connectivity index (χ1) is 10.8. The molecule has 3 aromatic rings. The van der Waals surface area contributed by atoms with Crippen LogP contribution in [0.5, 0.6) is 5.75 Å². The van der Waals surface area contributed by atoms with Gasteiger partial charge in [-0.3, -0.25) is 0 Å². The van der Waals surface area contributed by atoms with Crippen LogP contribution in [0.4, 0.5) is 0 Å². The molecule has 1 saturated heterocycles. The lowest BCUT2D eigenvalue weighted by Crippen LogP contribution is -2.38. The standard InChI is InChI=1S/C17H14O5/c18-17(16-10-19-7-8-20-16)21-11-5-6-15-13(9-11)12-3-1-2-4-14(12)22-15/h1-6,9,16H,7-8,10H2. The van der Waals surface area contributed by atoms with Crippen molar-refractivity contribution in [3.63, 3.8) is 0 Å². The van der Waals surface area contributed by atoms with Crippen molar-refractivity contribution in [1.29, 1.82) is 0 Å². The van der Waals surface area contributed by atoms with E-state index >= 15 is 0 Å². The van der Waals surface area contributed by atoms with Crippen molar-refractivity contribution < 1.29 is 23.4 Å². The van der Waals surface area contributed by atoms with Crippen molar-refractivity contribution >= 4 is 27.9 Å². The Morgan fingerprint density at radius 1 is 1.05 bits per heavy atom. The van der Waals surface area contributed by atoms with E-state index in [-0.39, 0.29) is 6.61 Å². The van der Waals surface area contributed by atoms with E-state index < -0.39 is 12.1 Å². The van der Waals surface area contributed by atoms with Crippen LogP contribution in [0.2, 0.25) is 0 Å². The molecule has 1 atom stereocenters. The van der Waals surface area contributed by atoms with E-state index in [2.05, 4.69) is 0 Å². The quantitative estimate of drug-likeness (QED) is 0.538. The van der Waals surface area contributed by atoms with Gasteiger partial charge in [-0.1, -0.05) is 18.2 Å². The molecule has 5 nitrogen and oxygen atoms in total. The highest BCUT2D eigenvalue weighted by atomic mass is 16.6. The third-order valence-corrected chi connectivity index (χ3v) is 3.65. The zero-order chi connectivity index (χ0) is 14.9. The summed E-state index contributed by atoms with van der Waals surface area (Å²) in [7, 11) is 0. The molecule has 0 spiro atoms. The lowest BCUT2D eigenvalue weighted by Gasteiger charge is -2.21. The number of hydrogen-bond donors (Lipinski definition) is 0. The number of carbonyl (C=O) groups is 1. The molecular formula is C17H14O5. The zero-order valence-corrected chi connectivity index (χ0v) is 11.8. The van der Waals surface area contributed by atoms with Crippen molar-refractivity contribution in [3.8, 4) is 5.75 Å². The number of hydrogen-bond acceptors (Lipinski definition) is 5. The van der Waals surface area contributed by atoms with Gasteiger partial charge in [0.15, 0.2) is 6.10 Å². The average Bonchev–Trinajstić information content (AvgIpc) is 2.94. The topological polar surface area (TPSA) is 57.9 Å². The SMILES string of the molecule is O=C(Oc1ccc2oc3ccccc3c2c1)C1COCCO1. The van der Waals surface area contributed by atoms with E-state index in [1.165, 1.54) is 0 Å². The Balaban J connectivity index is 1.64. The first kappa shape index (κ1) is 13.3. The third-order valence-electron chi connectivity index (χ3n) is 3.65. The summed E-state index contributed by atoms with van der Waals surface area (Å²) in [4.78, 5) is 12.1. The molecule has 5 heteroatoms. The zero-order valence-electron chi connectivity index (χ0n) is 11.8. The number of esters is 1. The maximum absolute atomic E-state index is 12.1. The predicted octanol–water partition coefficient (Wildman–Crippen LogP) is 2.91. The Morgan fingerprint density at radius 3 is 2.77 bits per heavy atom. The van der Waals surface area contributed by atoms with Crippen molar-refractivity contribution in [3.05, 3.63) is 42.5 Å². The number of para-hydroxylation sites is 1. The third kappa shape index (κ3) is 2.34. The fourth-order valence-corrected chi connectivity index (χ4v) is 2.57. The summed E-state index contributed by atoms with van der Waals surface area (Å²) >= 11 is 0. The number of fused-ring (bicyclic) bond motifs is 3. The van der Waals surface area contributed by atoms with Gasteiger partial charge in [-0.25, -0.2) is 4.79 Å². The molecule has 0 aliphatic carbocycles. The minimum absolute atomic E-state index is 0.232. The van der Waals surface area contributed by atoms with Crippen LogP contribution < -0.4 is 4.74 Å². The van der Waals surface area contributed by atoms with Gasteiger partial charge in [0.1, 0.15) is 16.9 Å².